The zero-order valence-electron chi connectivity index (χ0n) is 16.8. The van der Waals surface area contributed by atoms with Crippen molar-refractivity contribution in [3.8, 4) is 11.3 Å². The minimum atomic E-state index is -0.236. The van der Waals surface area contributed by atoms with Gasteiger partial charge in [0.05, 0.1) is 19.3 Å². The largest absolute Gasteiger partial charge is 0.376 e. The standard InChI is InChI=1S/C24H22N6O/c31-23(16-26-22-11-5-2-6-12-22)28-27-15-21-18-30(17-19-8-3-1-4-9-19)29-24(21)20-10-7-13-25-14-20/h1-15,18,26H,16-17H2,(H,28,31)/b27-15-. The fraction of sp³-hybridized carbons (Fsp3) is 0.0833. The van der Waals surface area contributed by atoms with E-state index in [0.717, 1.165) is 28.1 Å². The summed E-state index contributed by atoms with van der Waals surface area (Å²) in [4.78, 5) is 16.3. The van der Waals surface area contributed by atoms with E-state index in [4.69, 9.17) is 5.10 Å². The summed E-state index contributed by atoms with van der Waals surface area (Å²) < 4.78 is 1.86. The molecule has 0 aliphatic rings. The molecule has 0 unspecified atom stereocenters. The first-order chi connectivity index (χ1) is 15.3. The Morgan fingerprint density at radius 3 is 2.52 bits per heavy atom. The number of hydrazone groups is 1. The lowest BCUT2D eigenvalue weighted by molar-refractivity contribution is -0.119. The third-order valence-electron chi connectivity index (χ3n) is 4.53. The van der Waals surface area contributed by atoms with Crippen LogP contribution in [0.4, 0.5) is 5.69 Å². The molecule has 0 spiro atoms. The van der Waals surface area contributed by atoms with Crippen LogP contribution in [-0.4, -0.2) is 33.4 Å². The minimum absolute atomic E-state index is 0.129. The molecule has 31 heavy (non-hydrogen) atoms. The summed E-state index contributed by atoms with van der Waals surface area (Å²) in [7, 11) is 0. The summed E-state index contributed by atoms with van der Waals surface area (Å²) >= 11 is 0. The molecule has 4 aromatic rings. The molecule has 7 nitrogen and oxygen atoms in total. The SMILES string of the molecule is O=C(CNc1ccccc1)N/N=C\c1cn(Cc2ccccc2)nc1-c1cccnc1. The number of hydrogen-bond acceptors (Lipinski definition) is 5. The van der Waals surface area contributed by atoms with Gasteiger partial charge in [-0.15, -0.1) is 0 Å². The molecule has 0 radical (unpaired) electrons. The van der Waals surface area contributed by atoms with Crippen molar-refractivity contribution in [2.24, 2.45) is 5.10 Å². The summed E-state index contributed by atoms with van der Waals surface area (Å²) in [6, 6.07) is 23.5. The summed E-state index contributed by atoms with van der Waals surface area (Å²) in [5.74, 6) is -0.236. The molecule has 154 valence electrons. The van der Waals surface area contributed by atoms with Gasteiger partial charge in [-0.05, 0) is 29.8 Å². The number of hydrogen-bond donors (Lipinski definition) is 2. The maximum absolute atomic E-state index is 12.1. The van der Waals surface area contributed by atoms with Gasteiger partial charge in [0.25, 0.3) is 5.91 Å². The van der Waals surface area contributed by atoms with E-state index in [0.29, 0.717) is 6.54 Å². The van der Waals surface area contributed by atoms with Crippen LogP contribution in [0.15, 0.2) is 96.5 Å². The zero-order chi connectivity index (χ0) is 21.3. The van der Waals surface area contributed by atoms with Crippen molar-refractivity contribution in [2.45, 2.75) is 6.54 Å². The number of aromatic nitrogens is 3. The average molecular weight is 410 g/mol. The molecular formula is C24H22N6O. The molecule has 7 heteroatoms. The number of amides is 1. The van der Waals surface area contributed by atoms with E-state index in [1.54, 1.807) is 18.6 Å². The molecule has 0 aliphatic carbocycles. The number of pyridine rings is 1. The van der Waals surface area contributed by atoms with Crippen LogP contribution in [0, 0.1) is 0 Å². The molecule has 0 saturated heterocycles. The van der Waals surface area contributed by atoms with E-state index < -0.39 is 0 Å². The van der Waals surface area contributed by atoms with E-state index in [1.807, 2.05) is 71.5 Å². The fourth-order valence-corrected chi connectivity index (χ4v) is 3.06. The molecule has 2 N–H and O–H groups in total. The van der Waals surface area contributed by atoms with E-state index >= 15 is 0 Å². The molecule has 0 bridgehead atoms. The lowest BCUT2D eigenvalue weighted by Crippen LogP contribution is -2.25. The molecule has 0 atom stereocenters. The highest BCUT2D eigenvalue weighted by molar-refractivity contribution is 5.89. The van der Waals surface area contributed by atoms with Crippen molar-refractivity contribution in [1.29, 1.82) is 0 Å². The maximum Gasteiger partial charge on any atom is 0.259 e. The van der Waals surface area contributed by atoms with Gasteiger partial charge in [0, 0.05) is 35.4 Å². The van der Waals surface area contributed by atoms with E-state index in [9.17, 15) is 4.79 Å². The summed E-state index contributed by atoms with van der Waals surface area (Å²) in [5, 5.41) is 11.9. The Balaban J connectivity index is 1.46. The van der Waals surface area contributed by atoms with Crippen LogP contribution in [0.25, 0.3) is 11.3 Å². The lowest BCUT2D eigenvalue weighted by atomic mass is 10.1. The quantitative estimate of drug-likeness (QED) is 0.344. The number of benzene rings is 2. The number of anilines is 1. The molecule has 4 rings (SSSR count). The van der Waals surface area contributed by atoms with Gasteiger partial charge < -0.3 is 5.32 Å². The number of nitrogens with one attached hydrogen (secondary N) is 2. The number of para-hydroxylation sites is 1. The Kier molecular flexibility index (Phi) is 6.45. The fourth-order valence-electron chi connectivity index (χ4n) is 3.06. The molecule has 0 saturated carbocycles. The maximum atomic E-state index is 12.1. The number of carbonyl (C=O) groups excluding carboxylic acids is 1. The van der Waals surface area contributed by atoms with Crippen LogP contribution in [0.3, 0.4) is 0 Å². The predicted octanol–water partition coefficient (Wildman–Crippen LogP) is 3.56. The Hall–Kier alpha value is -4.26. The average Bonchev–Trinajstić information content (AvgIpc) is 3.22. The van der Waals surface area contributed by atoms with Gasteiger partial charge in [-0.2, -0.15) is 10.2 Å². The van der Waals surface area contributed by atoms with Crippen molar-refractivity contribution >= 4 is 17.8 Å². The van der Waals surface area contributed by atoms with Gasteiger partial charge >= 0.3 is 0 Å². The lowest BCUT2D eigenvalue weighted by Gasteiger charge is -2.04. The highest BCUT2D eigenvalue weighted by Gasteiger charge is 2.11. The number of carbonyl (C=O) groups is 1. The van der Waals surface area contributed by atoms with Crippen molar-refractivity contribution in [1.82, 2.24) is 20.2 Å². The van der Waals surface area contributed by atoms with Gasteiger partial charge in [-0.3, -0.25) is 14.5 Å². The molecule has 2 aromatic heterocycles. The van der Waals surface area contributed by atoms with Crippen LogP contribution < -0.4 is 10.7 Å². The molecular weight excluding hydrogens is 388 g/mol. The summed E-state index contributed by atoms with van der Waals surface area (Å²) in [6.07, 6.45) is 7.00. The monoisotopic (exact) mass is 410 g/mol. The molecule has 2 aromatic carbocycles. The van der Waals surface area contributed by atoms with Crippen LogP contribution in [-0.2, 0) is 11.3 Å². The van der Waals surface area contributed by atoms with Gasteiger partial charge in [-0.1, -0.05) is 48.5 Å². The highest BCUT2D eigenvalue weighted by atomic mass is 16.2. The summed E-state index contributed by atoms with van der Waals surface area (Å²) in [6.45, 7) is 0.763. The number of rotatable bonds is 8. The topological polar surface area (TPSA) is 84.2 Å². The van der Waals surface area contributed by atoms with Gasteiger partial charge in [0.2, 0.25) is 0 Å². The predicted molar refractivity (Wildman–Crippen MR) is 122 cm³/mol. The summed E-state index contributed by atoms with van der Waals surface area (Å²) in [5.41, 5.74) is 7.01. The third kappa shape index (κ3) is 5.63. The van der Waals surface area contributed by atoms with Gasteiger partial charge in [0.15, 0.2) is 0 Å². The van der Waals surface area contributed by atoms with E-state index in [2.05, 4.69) is 33.0 Å². The highest BCUT2D eigenvalue weighted by Crippen LogP contribution is 2.20. The first kappa shape index (κ1) is 20.0. The van der Waals surface area contributed by atoms with Crippen LogP contribution in [0.5, 0.6) is 0 Å². The normalized spacial score (nSPS) is 10.8. The Morgan fingerprint density at radius 1 is 1.00 bits per heavy atom. The minimum Gasteiger partial charge on any atom is -0.376 e. The zero-order valence-corrected chi connectivity index (χ0v) is 16.8. The Bertz CT molecular complexity index is 1140. The van der Waals surface area contributed by atoms with E-state index in [1.165, 1.54) is 0 Å². The Labute approximate surface area is 180 Å². The van der Waals surface area contributed by atoms with Crippen molar-refractivity contribution < 1.29 is 4.79 Å². The van der Waals surface area contributed by atoms with Crippen LogP contribution in [0.2, 0.25) is 0 Å². The van der Waals surface area contributed by atoms with Crippen LogP contribution in [0.1, 0.15) is 11.1 Å². The van der Waals surface area contributed by atoms with E-state index in [-0.39, 0.29) is 12.5 Å². The molecule has 1 amide bonds. The molecule has 2 heterocycles. The molecule has 0 aliphatic heterocycles. The second kappa shape index (κ2) is 9.98. The first-order valence-electron chi connectivity index (χ1n) is 9.90. The van der Waals surface area contributed by atoms with Gasteiger partial charge in [0.1, 0.15) is 5.69 Å². The van der Waals surface area contributed by atoms with Crippen molar-refractivity contribution in [3.63, 3.8) is 0 Å². The molecule has 0 fully saturated rings. The number of nitrogens with zero attached hydrogens (tertiary/aromatic N) is 4. The Morgan fingerprint density at radius 2 is 1.77 bits per heavy atom. The first-order valence-corrected chi connectivity index (χ1v) is 9.90. The van der Waals surface area contributed by atoms with Crippen molar-refractivity contribution in [2.75, 3.05) is 11.9 Å². The van der Waals surface area contributed by atoms with Crippen molar-refractivity contribution in [3.05, 3.63) is 103 Å². The second-order valence-electron chi connectivity index (χ2n) is 6.87. The second-order valence-corrected chi connectivity index (χ2v) is 6.87. The third-order valence-corrected chi connectivity index (χ3v) is 4.53. The van der Waals surface area contributed by atoms with Gasteiger partial charge in [-0.25, -0.2) is 5.43 Å². The smallest absolute Gasteiger partial charge is 0.259 e. The van der Waals surface area contributed by atoms with Crippen LogP contribution >= 0.6 is 0 Å².